The van der Waals surface area contributed by atoms with E-state index in [9.17, 15) is 0 Å². The SMILES string of the molecule is CN(C)CCCc1ccccc1[Te]Br. The molecule has 0 aromatic heterocycles. The summed E-state index contributed by atoms with van der Waals surface area (Å²) in [5.41, 5.74) is 1.54. The summed E-state index contributed by atoms with van der Waals surface area (Å²) >= 11 is 3.54. The van der Waals surface area contributed by atoms with E-state index in [4.69, 9.17) is 0 Å². The van der Waals surface area contributed by atoms with Gasteiger partial charge < -0.3 is 0 Å². The zero-order valence-corrected chi connectivity index (χ0v) is 12.6. The molecule has 0 amide bonds. The van der Waals surface area contributed by atoms with Crippen LogP contribution < -0.4 is 3.61 Å². The van der Waals surface area contributed by atoms with Gasteiger partial charge in [0.25, 0.3) is 0 Å². The molecule has 0 aliphatic carbocycles. The van der Waals surface area contributed by atoms with Crippen LogP contribution in [0.2, 0.25) is 0 Å². The van der Waals surface area contributed by atoms with Crippen molar-refractivity contribution >= 4 is 35.1 Å². The molecule has 0 N–H and O–H groups in total. The van der Waals surface area contributed by atoms with Crippen LogP contribution in [0.1, 0.15) is 12.0 Å². The average molecular weight is 370 g/mol. The van der Waals surface area contributed by atoms with Crippen LogP contribution in [-0.4, -0.2) is 44.3 Å². The summed E-state index contributed by atoms with van der Waals surface area (Å²) in [6.07, 6.45) is 2.47. The molecule has 3 heteroatoms. The van der Waals surface area contributed by atoms with Gasteiger partial charge >= 0.3 is 103 Å². The summed E-state index contributed by atoms with van der Waals surface area (Å²) < 4.78 is 1.55. The molecule has 0 unspecified atom stereocenters. The number of aryl methyl sites for hydroxylation is 1. The Kier molecular flexibility index (Phi) is 6.12. The van der Waals surface area contributed by atoms with Crippen molar-refractivity contribution in [2.45, 2.75) is 12.8 Å². The standard InChI is InChI=1S/C11H16BrNTe/c1-13(2)9-5-7-10-6-3-4-8-11(10)14-12/h3-4,6,8H,5,7,9H2,1-2H3. The van der Waals surface area contributed by atoms with Crippen LogP contribution in [0.25, 0.3) is 0 Å². The quantitative estimate of drug-likeness (QED) is 0.716. The molecule has 0 aliphatic heterocycles. The molecule has 0 radical (unpaired) electrons. The first kappa shape index (κ1) is 12.5. The number of nitrogens with zero attached hydrogens (tertiary/aromatic N) is 1. The van der Waals surface area contributed by atoms with Crippen molar-refractivity contribution in [1.29, 1.82) is 0 Å². The number of benzene rings is 1. The van der Waals surface area contributed by atoms with Gasteiger partial charge in [0.15, 0.2) is 0 Å². The van der Waals surface area contributed by atoms with E-state index in [1.165, 1.54) is 24.9 Å². The number of halogens is 1. The van der Waals surface area contributed by atoms with Crippen molar-refractivity contribution in [2.75, 3.05) is 20.6 Å². The van der Waals surface area contributed by atoms with E-state index in [-0.39, 0.29) is 18.7 Å². The van der Waals surface area contributed by atoms with E-state index < -0.39 is 0 Å². The van der Waals surface area contributed by atoms with Gasteiger partial charge in [0, 0.05) is 0 Å². The number of hydrogen-bond donors (Lipinski definition) is 0. The van der Waals surface area contributed by atoms with Gasteiger partial charge in [0.05, 0.1) is 0 Å². The van der Waals surface area contributed by atoms with E-state index >= 15 is 0 Å². The minimum atomic E-state index is -0.113. The topological polar surface area (TPSA) is 3.24 Å². The van der Waals surface area contributed by atoms with Gasteiger partial charge in [-0.15, -0.1) is 0 Å². The summed E-state index contributed by atoms with van der Waals surface area (Å²) in [5.74, 6) is 0. The fourth-order valence-electron chi connectivity index (χ4n) is 1.37. The van der Waals surface area contributed by atoms with Crippen LogP contribution in [0.5, 0.6) is 0 Å². The summed E-state index contributed by atoms with van der Waals surface area (Å²) in [7, 11) is 4.26. The third-order valence-electron chi connectivity index (χ3n) is 2.11. The van der Waals surface area contributed by atoms with Crippen molar-refractivity contribution < 1.29 is 0 Å². The molecule has 0 fully saturated rings. The maximum atomic E-state index is 3.65. The monoisotopic (exact) mass is 371 g/mol. The summed E-state index contributed by atoms with van der Waals surface area (Å²) in [4.78, 5) is 2.24. The van der Waals surface area contributed by atoms with Crippen molar-refractivity contribution in [1.82, 2.24) is 4.90 Å². The molecule has 0 aliphatic rings. The maximum absolute atomic E-state index is 3.65. The molecule has 0 heterocycles. The molecular weight excluding hydrogens is 354 g/mol. The molecule has 0 saturated heterocycles. The van der Waals surface area contributed by atoms with Gasteiger partial charge in [0.1, 0.15) is 0 Å². The van der Waals surface area contributed by atoms with E-state index in [1.54, 1.807) is 3.61 Å². The second kappa shape index (κ2) is 6.85. The summed E-state index contributed by atoms with van der Waals surface area (Å²) in [6.45, 7) is 1.18. The Hall–Kier alpha value is 0.450. The molecule has 0 spiro atoms. The van der Waals surface area contributed by atoms with Crippen molar-refractivity contribution in [3.05, 3.63) is 29.8 Å². The molecule has 1 rings (SSSR count). The third-order valence-corrected chi connectivity index (χ3v) is 6.06. The van der Waals surface area contributed by atoms with Gasteiger partial charge in [-0.1, -0.05) is 0 Å². The molecular formula is C11H16BrNTe. The number of hydrogen-bond acceptors (Lipinski definition) is 1. The zero-order valence-electron chi connectivity index (χ0n) is 8.66. The first-order chi connectivity index (χ1) is 6.74. The Balaban J connectivity index is 2.49. The zero-order chi connectivity index (χ0) is 10.4. The molecule has 0 atom stereocenters. The Bertz CT molecular complexity index is 276. The Labute approximate surface area is 103 Å². The average Bonchev–Trinajstić information content (AvgIpc) is 2.18. The first-order valence-corrected chi connectivity index (χ1v) is 11.1. The van der Waals surface area contributed by atoms with Crippen LogP contribution in [0, 0.1) is 0 Å². The summed E-state index contributed by atoms with van der Waals surface area (Å²) in [6, 6.07) is 8.79. The molecule has 0 bridgehead atoms. The van der Waals surface area contributed by atoms with Gasteiger partial charge in [-0.05, 0) is 0 Å². The molecule has 14 heavy (non-hydrogen) atoms. The Morgan fingerprint density at radius 2 is 2.00 bits per heavy atom. The van der Waals surface area contributed by atoms with Crippen molar-refractivity contribution in [3.8, 4) is 0 Å². The Morgan fingerprint density at radius 3 is 2.64 bits per heavy atom. The fraction of sp³-hybridized carbons (Fsp3) is 0.455. The number of rotatable bonds is 5. The van der Waals surface area contributed by atoms with Crippen molar-refractivity contribution in [3.63, 3.8) is 0 Å². The van der Waals surface area contributed by atoms with E-state index in [1.807, 2.05) is 0 Å². The van der Waals surface area contributed by atoms with E-state index in [2.05, 4.69) is 56.0 Å². The van der Waals surface area contributed by atoms with Gasteiger partial charge in [-0.3, -0.25) is 0 Å². The van der Waals surface area contributed by atoms with Crippen LogP contribution in [0.4, 0.5) is 0 Å². The third kappa shape index (κ3) is 4.31. The second-order valence-corrected chi connectivity index (χ2v) is 7.46. The molecule has 78 valence electrons. The van der Waals surface area contributed by atoms with E-state index in [0.717, 1.165) is 0 Å². The summed E-state index contributed by atoms with van der Waals surface area (Å²) in [5, 5.41) is 0. The molecule has 1 aromatic carbocycles. The molecule has 1 aromatic rings. The normalized spacial score (nSPS) is 10.9. The van der Waals surface area contributed by atoms with Crippen LogP contribution in [0.15, 0.2) is 24.3 Å². The minimum absolute atomic E-state index is 0.113. The first-order valence-electron chi connectivity index (χ1n) is 4.75. The molecule has 0 saturated carbocycles. The predicted molar refractivity (Wildman–Crippen MR) is 67.6 cm³/mol. The van der Waals surface area contributed by atoms with Crippen LogP contribution >= 0.6 is 12.8 Å². The van der Waals surface area contributed by atoms with Gasteiger partial charge in [0.2, 0.25) is 0 Å². The van der Waals surface area contributed by atoms with Crippen molar-refractivity contribution in [2.24, 2.45) is 0 Å². The van der Waals surface area contributed by atoms with E-state index in [0.29, 0.717) is 0 Å². The van der Waals surface area contributed by atoms with Crippen LogP contribution in [0.3, 0.4) is 0 Å². The van der Waals surface area contributed by atoms with Crippen LogP contribution in [-0.2, 0) is 6.42 Å². The predicted octanol–water partition coefficient (Wildman–Crippen LogP) is 1.82. The van der Waals surface area contributed by atoms with Gasteiger partial charge in [-0.25, -0.2) is 0 Å². The second-order valence-electron chi connectivity index (χ2n) is 3.59. The van der Waals surface area contributed by atoms with Gasteiger partial charge in [-0.2, -0.15) is 0 Å². The molecule has 1 nitrogen and oxygen atoms in total. The Morgan fingerprint density at radius 1 is 1.29 bits per heavy atom. The fourth-order valence-corrected chi connectivity index (χ4v) is 4.63.